The normalized spacial score (nSPS) is 32.3. The van der Waals surface area contributed by atoms with Crippen LogP contribution in [0.15, 0.2) is 0 Å². The Balaban J connectivity index is 1.74. The van der Waals surface area contributed by atoms with Crippen molar-refractivity contribution in [1.82, 2.24) is 5.32 Å². The summed E-state index contributed by atoms with van der Waals surface area (Å²) in [6, 6.07) is 0.376. The predicted octanol–water partition coefficient (Wildman–Crippen LogP) is 1.44. The lowest BCUT2D eigenvalue weighted by Crippen LogP contribution is -2.45. The van der Waals surface area contributed by atoms with Gasteiger partial charge in [-0.05, 0) is 19.8 Å². The Morgan fingerprint density at radius 3 is 2.38 bits per heavy atom. The van der Waals surface area contributed by atoms with Gasteiger partial charge in [0.25, 0.3) is 0 Å². The van der Waals surface area contributed by atoms with Crippen molar-refractivity contribution in [3.63, 3.8) is 0 Å². The molecule has 2 fully saturated rings. The molecule has 0 aromatic carbocycles. The molecule has 1 heterocycles. The molecule has 4 nitrogen and oxygen atoms in total. The molecule has 0 radical (unpaired) electrons. The van der Waals surface area contributed by atoms with Gasteiger partial charge in [0.05, 0.1) is 19.1 Å². The van der Waals surface area contributed by atoms with Gasteiger partial charge in [0.15, 0.2) is 6.29 Å². The predicted molar refractivity (Wildman–Crippen MR) is 59.9 cm³/mol. The molecule has 1 N–H and O–H groups in total. The van der Waals surface area contributed by atoms with Crippen molar-refractivity contribution in [2.75, 3.05) is 13.2 Å². The largest absolute Gasteiger partial charge is 0.353 e. The number of nitrogens with one attached hydrogen (secondary N) is 1. The van der Waals surface area contributed by atoms with E-state index >= 15 is 0 Å². The number of amides is 1. The lowest BCUT2D eigenvalue weighted by Gasteiger charge is -2.29. The van der Waals surface area contributed by atoms with Crippen LogP contribution in [0.25, 0.3) is 0 Å². The zero-order valence-corrected chi connectivity index (χ0v) is 9.91. The van der Waals surface area contributed by atoms with Crippen LogP contribution in [-0.4, -0.2) is 31.5 Å². The van der Waals surface area contributed by atoms with E-state index in [1.54, 1.807) is 0 Å². The molecule has 0 atom stereocenters. The molecule has 0 unspecified atom stereocenters. The molecule has 1 saturated heterocycles. The highest BCUT2D eigenvalue weighted by molar-refractivity contribution is 5.79. The molecule has 2 rings (SSSR count). The number of ether oxygens (including phenoxy) is 2. The average molecular weight is 227 g/mol. The van der Waals surface area contributed by atoms with Gasteiger partial charge in [-0.3, -0.25) is 4.79 Å². The van der Waals surface area contributed by atoms with E-state index in [2.05, 4.69) is 5.32 Å². The van der Waals surface area contributed by atoms with Crippen LogP contribution < -0.4 is 5.32 Å². The lowest BCUT2D eigenvalue weighted by atomic mass is 9.95. The molecule has 0 aromatic heterocycles. The zero-order chi connectivity index (χ0) is 11.4. The van der Waals surface area contributed by atoms with Crippen molar-refractivity contribution in [2.24, 2.45) is 5.92 Å². The van der Waals surface area contributed by atoms with Crippen LogP contribution in [0.1, 0.15) is 39.0 Å². The first-order valence-electron chi connectivity index (χ1n) is 6.29. The third-order valence-corrected chi connectivity index (χ3v) is 3.39. The molecular weight excluding hydrogens is 206 g/mol. The molecule has 0 bridgehead atoms. The minimum absolute atomic E-state index is 0.0961. The van der Waals surface area contributed by atoms with E-state index in [1.807, 2.05) is 6.92 Å². The molecule has 2 aliphatic rings. The quantitative estimate of drug-likeness (QED) is 0.776. The van der Waals surface area contributed by atoms with Gasteiger partial charge < -0.3 is 14.8 Å². The van der Waals surface area contributed by atoms with E-state index in [0.717, 1.165) is 12.8 Å². The van der Waals surface area contributed by atoms with E-state index in [4.69, 9.17) is 9.47 Å². The van der Waals surface area contributed by atoms with E-state index < -0.39 is 0 Å². The van der Waals surface area contributed by atoms with Gasteiger partial charge in [-0.1, -0.05) is 19.3 Å². The Hall–Kier alpha value is -0.610. The highest BCUT2D eigenvalue weighted by Crippen LogP contribution is 2.18. The Bertz CT molecular complexity index is 230. The van der Waals surface area contributed by atoms with E-state index in [-0.39, 0.29) is 18.1 Å². The van der Waals surface area contributed by atoms with Crippen LogP contribution in [0, 0.1) is 5.92 Å². The standard InChI is InChI=1S/C12H21NO3/c1-9-15-7-10(8-16-9)12(14)13-11-5-3-2-4-6-11/h9-11H,2-8H2,1H3,(H,13,14). The van der Waals surface area contributed by atoms with E-state index in [9.17, 15) is 4.79 Å². The van der Waals surface area contributed by atoms with Crippen LogP contribution in [-0.2, 0) is 14.3 Å². The average Bonchev–Trinajstić information content (AvgIpc) is 2.31. The number of carbonyl (C=O) groups excluding carboxylic acids is 1. The molecular formula is C12H21NO3. The summed E-state index contributed by atoms with van der Waals surface area (Å²) in [5.74, 6) is -0.0306. The zero-order valence-electron chi connectivity index (χ0n) is 9.91. The SMILES string of the molecule is CC1OCC(C(=O)NC2CCCCC2)CO1. The highest BCUT2D eigenvalue weighted by Gasteiger charge is 2.27. The Labute approximate surface area is 96.7 Å². The van der Waals surface area contributed by atoms with Gasteiger partial charge in [0.1, 0.15) is 0 Å². The topological polar surface area (TPSA) is 47.6 Å². The van der Waals surface area contributed by atoms with Crippen LogP contribution in [0.5, 0.6) is 0 Å². The van der Waals surface area contributed by atoms with Crippen LogP contribution in [0.3, 0.4) is 0 Å². The van der Waals surface area contributed by atoms with Crippen molar-refractivity contribution in [3.05, 3.63) is 0 Å². The van der Waals surface area contributed by atoms with Crippen molar-refractivity contribution >= 4 is 5.91 Å². The monoisotopic (exact) mass is 227 g/mol. The van der Waals surface area contributed by atoms with Crippen molar-refractivity contribution < 1.29 is 14.3 Å². The maximum atomic E-state index is 11.9. The molecule has 1 aliphatic heterocycles. The third kappa shape index (κ3) is 3.19. The maximum absolute atomic E-state index is 11.9. The molecule has 0 spiro atoms. The molecule has 16 heavy (non-hydrogen) atoms. The van der Waals surface area contributed by atoms with Gasteiger partial charge in [-0.15, -0.1) is 0 Å². The van der Waals surface area contributed by atoms with Gasteiger partial charge >= 0.3 is 0 Å². The van der Waals surface area contributed by atoms with E-state index in [1.165, 1.54) is 19.3 Å². The van der Waals surface area contributed by atoms with Gasteiger partial charge in [-0.2, -0.15) is 0 Å². The van der Waals surface area contributed by atoms with E-state index in [0.29, 0.717) is 19.3 Å². The fourth-order valence-corrected chi connectivity index (χ4v) is 2.32. The smallest absolute Gasteiger partial charge is 0.228 e. The minimum Gasteiger partial charge on any atom is -0.353 e. The fraction of sp³-hybridized carbons (Fsp3) is 0.917. The molecule has 0 aromatic rings. The first-order chi connectivity index (χ1) is 7.75. The summed E-state index contributed by atoms with van der Waals surface area (Å²) in [5.41, 5.74) is 0. The van der Waals surface area contributed by atoms with Crippen LogP contribution in [0.4, 0.5) is 0 Å². The molecule has 4 heteroatoms. The number of hydrogen-bond donors (Lipinski definition) is 1. The summed E-state index contributed by atoms with van der Waals surface area (Å²) in [6.07, 6.45) is 5.85. The van der Waals surface area contributed by atoms with Crippen LogP contribution >= 0.6 is 0 Å². The summed E-state index contributed by atoms with van der Waals surface area (Å²) in [6.45, 7) is 2.83. The summed E-state index contributed by atoms with van der Waals surface area (Å²) in [5, 5.41) is 3.10. The summed E-state index contributed by atoms with van der Waals surface area (Å²) in [7, 11) is 0. The lowest BCUT2D eigenvalue weighted by molar-refractivity contribution is -0.193. The highest BCUT2D eigenvalue weighted by atomic mass is 16.7. The first-order valence-corrected chi connectivity index (χ1v) is 6.29. The molecule has 1 saturated carbocycles. The second kappa shape index (κ2) is 5.64. The summed E-state index contributed by atoms with van der Waals surface area (Å²) in [4.78, 5) is 11.9. The number of hydrogen-bond acceptors (Lipinski definition) is 3. The minimum atomic E-state index is -0.168. The Morgan fingerprint density at radius 2 is 1.75 bits per heavy atom. The summed E-state index contributed by atoms with van der Waals surface area (Å²) < 4.78 is 10.6. The molecule has 92 valence electrons. The molecule has 1 amide bonds. The van der Waals surface area contributed by atoms with Crippen molar-refractivity contribution in [1.29, 1.82) is 0 Å². The Morgan fingerprint density at radius 1 is 1.12 bits per heavy atom. The first kappa shape index (κ1) is 11.9. The number of rotatable bonds is 2. The third-order valence-electron chi connectivity index (χ3n) is 3.39. The second-order valence-electron chi connectivity index (χ2n) is 4.77. The van der Waals surface area contributed by atoms with Crippen molar-refractivity contribution in [2.45, 2.75) is 51.4 Å². The van der Waals surface area contributed by atoms with Gasteiger partial charge in [0, 0.05) is 6.04 Å². The van der Waals surface area contributed by atoms with Gasteiger partial charge in [-0.25, -0.2) is 0 Å². The Kier molecular flexibility index (Phi) is 4.18. The maximum Gasteiger partial charge on any atom is 0.228 e. The second-order valence-corrected chi connectivity index (χ2v) is 4.77. The fourth-order valence-electron chi connectivity index (χ4n) is 2.32. The van der Waals surface area contributed by atoms with Gasteiger partial charge in [0.2, 0.25) is 5.91 Å². The summed E-state index contributed by atoms with van der Waals surface area (Å²) >= 11 is 0. The number of carbonyl (C=O) groups is 1. The van der Waals surface area contributed by atoms with Crippen LogP contribution in [0.2, 0.25) is 0 Å². The van der Waals surface area contributed by atoms with Crippen molar-refractivity contribution in [3.8, 4) is 0 Å². The molecule has 1 aliphatic carbocycles.